The highest BCUT2D eigenvalue weighted by Gasteiger charge is 2.23. The lowest BCUT2D eigenvalue weighted by Gasteiger charge is -2.27. The molecule has 0 aromatic heterocycles. The van der Waals surface area contributed by atoms with Gasteiger partial charge in [-0.3, -0.25) is 10.2 Å². The number of carbonyl (C=O) groups excluding carboxylic acids is 1. The van der Waals surface area contributed by atoms with Crippen molar-refractivity contribution in [2.45, 2.75) is 52.4 Å². The van der Waals surface area contributed by atoms with Gasteiger partial charge in [-0.25, -0.2) is 0 Å². The molecule has 1 aliphatic rings. The molecule has 0 saturated heterocycles. The van der Waals surface area contributed by atoms with Gasteiger partial charge in [-0.1, -0.05) is 17.7 Å². The Bertz CT molecular complexity index is 546. The first kappa shape index (κ1) is 16.5. The molecule has 0 amide bonds. The third-order valence-electron chi connectivity index (χ3n) is 4.60. The van der Waals surface area contributed by atoms with Crippen LogP contribution in [0.1, 0.15) is 49.7 Å². The molecule has 4 nitrogen and oxygen atoms in total. The number of rotatable bonds is 5. The van der Waals surface area contributed by atoms with Gasteiger partial charge in [0.25, 0.3) is 0 Å². The van der Waals surface area contributed by atoms with Crippen LogP contribution in [0.3, 0.4) is 0 Å². The van der Waals surface area contributed by atoms with Gasteiger partial charge in [0.05, 0.1) is 5.84 Å². The summed E-state index contributed by atoms with van der Waals surface area (Å²) < 4.78 is 5.46. The number of hydrogen-bond acceptors (Lipinski definition) is 3. The van der Waals surface area contributed by atoms with Gasteiger partial charge in [0, 0.05) is 12.3 Å². The maximum atomic E-state index is 12.0. The van der Waals surface area contributed by atoms with E-state index in [1.165, 1.54) is 5.56 Å². The van der Waals surface area contributed by atoms with E-state index in [0.717, 1.165) is 37.7 Å². The second-order valence-electron chi connectivity index (χ2n) is 6.45. The molecule has 22 heavy (non-hydrogen) atoms. The molecule has 3 N–H and O–H groups in total. The Labute approximate surface area is 132 Å². The molecule has 1 saturated carbocycles. The van der Waals surface area contributed by atoms with Gasteiger partial charge in [0.1, 0.15) is 5.75 Å². The Balaban J connectivity index is 1.75. The number of carbonyl (C=O) groups is 1. The summed E-state index contributed by atoms with van der Waals surface area (Å²) in [4.78, 5) is 12.0. The highest BCUT2D eigenvalue weighted by Crippen LogP contribution is 2.31. The quantitative estimate of drug-likeness (QED) is 0.376. The van der Waals surface area contributed by atoms with E-state index in [1.54, 1.807) is 0 Å². The number of nitrogens with one attached hydrogen (secondary N) is 1. The Kier molecular flexibility index (Phi) is 5.58. The van der Waals surface area contributed by atoms with Crippen molar-refractivity contribution in [3.8, 4) is 5.75 Å². The zero-order chi connectivity index (χ0) is 16.1. The van der Waals surface area contributed by atoms with Crippen LogP contribution in [0.5, 0.6) is 5.75 Å². The number of esters is 1. The van der Waals surface area contributed by atoms with Crippen LogP contribution in [0.2, 0.25) is 0 Å². The van der Waals surface area contributed by atoms with Crippen LogP contribution in [-0.2, 0) is 4.79 Å². The lowest BCUT2D eigenvalue weighted by Crippen LogP contribution is -2.27. The molecule has 0 unspecified atom stereocenters. The summed E-state index contributed by atoms with van der Waals surface area (Å²) in [5.74, 6) is 1.63. The average Bonchev–Trinajstić information content (AvgIpc) is 2.48. The zero-order valence-corrected chi connectivity index (χ0v) is 13.5. The molecule has 0 radical (unpaired) electrons. The summed E-state index contributed by atoms with van der Waals surface area (Å²) in [5.41, 5.74) is 7.72. The van der Waals surface area contributed by atoms with Crippen LogP contribution in [0, 0.1) is 31.1 Å². The van der Waals surface area contributed by atoms with Crippen molar-refractivity contribution < 1.29 is 9.53 Å². The largest absolute Gasteiger partial charge is 0.426 e. The molecule has 1 fully saturated rings. The zero-order valence-electron chi connectivity index (χ0n) is 13.5. The summed E-state index contributed by atoms with van der Waals surface area (Å²) in [6.45, 7) is 3.98. The van der Waals surface area contributed by atoms with Gasteiger partial charge in [0.2, 0.25) is 0 Å². The van der Waals surface area contributed by atoms with Crippen LogP contribution < -0.4 is 10.5 Å². The molecule has 1 aromatic rings. The lowest BCUT2D eigenvalue weighted by atomic mass is 9.79. The minimum absolute atomic E-state index is 0.152. The van der Waals surface area contributed by atoms with Crippen molar-refractivity contribution >= 4 is 11.8 Å². The van der Waals surface area contributed by atoms with Crippen LogP contribution in [0.25, 0.3) is 0 Å². The summed E-state index contributed by atoms with van der Waals surface area (Å²) in [6.07, 6.45) is 5.40. The van der Waals surface area contributed by atoms with Crippen molar-refractivity contribution in [3.05, 3.63) is 29.3 Å². The van der Waals surface area contributed by atoms with E-state index < -0.39 is 0 Å². The minimum Gasteiger partial charge on any atom is -0.426 e. The Morgan fingerprint density at radius 3 is 2.55 bits per heavy atom. The van der Waals surface area contributed by atoms with Crippen molar-refractivity contribution in [1.82, 2.24) is 0 Å². The minimum atomic E-state index is -0.152. The van der Waals surface area contributed by atoms with E-state index in [9.17, 15) is 4.79 Å². The van der Waals surface area contributed by atoms with Crippen LogP contribution in [0.15, 0.2) is 18.2 Å². The summed E-state index contributed by atoms with van der Waals surface area (Å²) in [7, 11) is 0. The SMILES string of the molecule is Cc1ccc(OC(=O)CCC2CCC(C(=N)N)CC2)c(C)c1. The van der Waals surface area contributed by atoms with E-state index in [4.69, 9.17) is 15.9 Å². The maximum absolute atomic E-state index is 12.0. The first-order chi connectivity index (χ1) is 10.5. The van der Waals surface area contributed by atoms with Gasteiger partial charge in [-0.15, -0.1) is 0 Å². The van der Waals surface area contributed by atoms with Crippen LogP contribution >= 0.6 is 0 Å². The summed E-state index contributed by atoms with van der Waals surface area (Å²) in [6, 6.07) is 5.84. The lowest BCUT2D eigenvalue weighted by molar-refractivity contribution is -0.134. The first-order valence-corrected chi connectivity index (χ1v) is 8.07. The Morgan fingerprint density at radius 2 is 1.95 bits per heavy atom. The van der Waals surface area contributed by atoms with Crippen molar-refractivity contribution in [2.75, 3.05) is 0 Å². The Hall–Kier alpha value is -1.84. The normalized spacial score (nSPS) is 21.4. The fourth-order valence-corrected chi connectivity index (χ4v) is 3.17. The van der Waals surface area contributed by atoms with Crippen molar-refractivity contribution in [1.29, 1.82) is 5.41 Å². The molecule has 0 bridgehead atoms. The van der Waals surface area contributed by atoms with Gasteiger partial charge in [0.15, 0.2) is 0 Å². The highest BCUT2D eigenvalue weighted by molar-refractivity contribution is 5.79. The molecule has 1 aromatic carbocycles. The molecule has 4 heteroatoms. The number of ether oxygens (including phenoxy) is 1. The van der Waals surface area contributed by atoms with E-state index in [2.05, 4.69) is 0 Å². The first-order valence-electron chi connectivity index (χ1n) is 8.07. The maximum Gasteiger partial charge on any atom is 0.311 e. The highest BCUT2D eigenvalue weighted by atomic mass is 16.5. The van der Waals surface area contributed by atoms with E-state index in [-0.39, 0.29) is 11.9 Å². The van der Waals surface area contributed by atoms with Gasteiger partial charge in [-0.05, 0) is 63.5 Å². The van der Waals surface area contributed by atoms with E-state index >= 15 is 0 Å². The van der Waals surface area contributed by atoms with Crippen molar-refractivity contribution in [3.63, 3.8) is 0 Å². The fourth-order valence-electron chi connectivity index (χ4n) is 3.17. The topological polar surface area (TPSA) is 76.2 Å². The third-order valence-corrected chi connectivity index (χ3v) is 4.60. The second kappa shape index (κ2) is 7.43. The van der Waals surface area contributed by atoms with Gasteiger partial charge < -0.3 is 10.5 Å². The molecule has 120 valence electrons. The molecule has 0 aliphatic heterocycles. The molecule has 1 aliphatic carbocycles. The van der Waals surface area contributed by atoms with Crippen LogP contribution in [0.4, 0.5) is 0 Å². The molecule has 0 spiro atoms. The van der Waals surface area contributed by atoms with Gasteiger partial charge in [-0.2, -0.15) is 0 Å². The molecular formula is C18H26N2O2. The molecule has 0 heterocycles. The smallest absolute Gasteiger partial charge is 0.311 e. The molecular weight excluding hydrogens is 276 g/mol. The number of amidine groups is 1. The summed E-state index contributed by atoms with van der Waals surface area (Å²) >= 11 is 0. The monoisotopic (exact) mass is 302 g/mol. The number of nitrogens with two attached hydrogens (primary N) is 1. The third kappa shape index (κ3) is 4.58. The predicted octanol–water partition coefficient (Wildman–Crippen LogP) is 3.73. The van der Waals surface area contributed by atoms with Crippen molar-refractivity contribution in [2.24, 2.45) is 17.6 Å². The number of hydrogen-bond donors (Lipinski definition) is 2. The predicted molar refractivity (Wildman–Crippen MR) is 88.1 cm³/mol. The van der Waals surface area contributed by atoms with E-state index in [0.29, 0.717) is 23.9 Å². The second-order valence-corrected chi connectivity index (χ2v) is 6.45. The Morgan fingerprint density at radius 1 is 1.27 bits per heavy atom. The summed E-state index contributed by atoms with van der Waals surface area (Å²) in [5, 5.41) is 7.49. The number of aryl methyl sites for hydroxylation is 2. The standard InChI is InChI=1S/C18H26N2O2/c1-12-3-9-16(13(2)11-12)22-17(21)10-6-14-4-7-15(8-5-14)18(19)20/h3,9,11,14-15H,4-8,10H2,1-2H3,(H3,19,20). The average molecular weight is 302 g/mol. The molecule has 0 atom stereocenters. The number of benzene rings is 1. The fraction of sp³-hybridized carbons (Fsp3) is 0.556. The van der Waals surface area contributed by atoms with E-state index in [1.807, 2.05) is 32.0 Å². The van der Waals surface area contributed by atoms with Gasteiger partial charge >= 0.3 is 5.97 Å². The molecule has 2 rings (SSSR count). The van der Waals surface area contributed by atoms with Crippen LogP contribution in [-0.4, -0.2) is 11.8 Å².